The van der Waals surface area contributed by atoms with Crippen LogP contribution in [0.2, 0.25) is 25.7 Å². The van der Waals surface area contributed by atoms with E-state index in [4.69, 9.17) is 0 Å². The lowest BCUT2D eigenvalue weighted by atomic mass is 10.0. The van der Waals surface area contributed by atoms with Crippen molar-refractivity contribution < 1.29 is 18.0 Å². The minimum absolute atomic E-state index is 0.344. The Morgan fingerprint density at radius 3 is 2.27 bits per heavy atom. The second-order valence-corrected chi connectivity index (χ2v) is 11.9. The van der Waals surface area contributed by atoms with Gasteiger partial charge >= 0.3 is 12.1 Å². The van der Waals surface area contributed by atoms with Crippen molar-refractivity contribution in [3.8, 4) is 0 Å². The van der Waals surface area contributed by atoms with Gasteiger partial charge in [-0.2, -0.15) is 13.2 Å². The van der Waals surface area contributed by atoms with Crippen LogP contribution in [0, 0.1) is 0 Å². The van der Waals surface area contributed by atoms with Gasteiger partial charge < -0.3 is 5.32 Å². The molecule has 1 amide bonds. The Morgan fingerprint density at radius 1 is 1.18 bits per heavy atom. The molecule has 1 N–H and O–H groups in total. The molecule has 122 valence electrons. The Labute approximate surface area is 130 Å². The number of nitrogens with one attached hydrogen (secondary N) is 1. The lowest BCUT2D eigenvalue weighted by molar-refractivity contribution is -0.174. The molecule has 22 heavy (non-hydrogen) atoms. The number of carbonyl (C=O) groups is 1. The van der Waals surface area contributed by atoms with Crippen LogP contribution in [0.4, 0.5) is 13.2 Å². The van der Waals surface area contributed by atoms with E-state index in [0.717, 1.165) is 6.04 Å². The van der Waals surface area contributed by atoms with E-state index in [-0.39, 0.29) is 0 Å². The van der Waals surface area contributed by atoms with Crippen molar-refractivity contribution in [2.24, 2.45) is 0 Å². The third-order valence-electron chi connectivity index (χ3n) is 3.03. The topological polar surface area (TPSA) is 29.1 Å². The number of hydrogen-bond acceptors (Lipinski definition) is 1. The molecule has 0 aliphatic carbocycles. The number of rotatable bonds is 6. The van der Waals surface area contributed by atoms with Gasteiger partial charge in [0.2, 0.25) is 0 Å². The fraction of sp³-hybridized carbons (Fsp3) is 0.438. The molecule has 0 fully saturated rings. The number of alkyl halides is 3. The number of allylic oxidation sites excluding steroid dienone is 1. The highest BCUT2D eigenvalue weighted by Gasteiger charge is 2.39. The smallest absolute Gasteiger partial charge is 0.341 e. The first-order chi connectivity index (χ1) is 10.1. The fourth-order valence-electron chi connectivity index (χ4n) is 1.87. The Hall–Kier alpha value is -1.56. The van der Waals surface area contributed by atoms with Crippen LogP contribution in [-0.2, 0) is 4.79 Å². The molecule has 0 radical (unpaired) electrons. The highest BCUT2D eigenvalue weighted by molar-refractivity contribution is 6.76. The van der Waals surface area contributed by atoms with Crippen molar-refractivity contribution in [3.63, 3.8) is 0 Å². The Bertz CT molecular complexity index is 506. The second kappa shape index (κ2) is 7.62. The molecule has 0 aliphatic rings. The summed E-state index contributed by atoms with van der Waals surface area (Å²) in [6, 6.07) is 8.99. The molecule has 1 rings (SSSR count). The van der Waals surface area contributed by atoms with Gasteiger partial charge in [-0.05, 0) is 18.0 Å². The average Bonchev–Trinajstić information content (AvgIpc) is 2.40. The van der Waals surface area contributed by atoms with Crippen LogP contribution in [0.1, 0.15) is 18.0 Å². The average molecular weight is 329 g/mol. The molecule has 1 atom stereocenters. The minimum atomic E-state index is -4.87. The van der Waals surface area contributed by atoms with Gasteiger partial charge in [0, 0.05) is 8.07 Å². The van der Waals surface area contributed by atoms with Crippen LogP contribution in [0.25, 0.3) is 0 Å². The van der Waals surface area contributed by atoms with Gasteiger partial charge in [0.05, 0.1) is 6.04 Å². The summed E-state index contributed by atoms with van der Waals surface area (Å²) in [6.45, 7) is 6.66. The minimum Gasteiger partial charge on any atom is -0.341 e. The maximum atomic E-state index is 12.4. The fourth-order valence-corrected chi connectivity index (χ4v) is 2.75. The summed E-state index contributed by atoms with van der Waals surface area (Å²) in [5.41, 5.74) is 0.665. The van der Waals surface area contributed by atoms with Gasteiger partial charge in [0.15, 0.2) is 0 Å². The predicted molar refractivity (Wildman–Crippen MR) is 85.3 cm³/mol. The van der Waals surface area contributed by atoms with E-state index in [1.807, 2.05) is 12.2 Å². The maximum Gasteiger partial charge on any atom is 0.471 e. The molecule has 0 saturated heterocycles. The SMILES string of the molecule is C[Si](C)(C)C/C=C/CC(NC(=O)C(F)(F)F)c1ccccc1. The normalized spacial score (nSPS) is 14.1. The zero-order chi connectivity index (χ0) is 16.8. The zero-order valence-electron chi connectivity index (χ0n) is 13.1. The number of amides is 1. The number of benzene rings is 1. The molecule has 1 aromatic carbocycles. The summed E-state index contributed by atoms with van der Waals surface area (Å²) < 4.78 is 37.3. The summed E-state index contributed by atoms with van der Waals surface area (Å²) in [6.07, 6.45) is -0.667. The highest BCUT2D eigenvalue weighted by Crippen LogP contribution is 2.22. The number of carbonyl (C=O) groups excluding carboxylic acids is 1. The Balaban J connectivity index is 2.78. The van der Waals surface area contributed by atoms with Crippen molar-refractivity contribution >= 4 is 14.0 Å². The first kappa shape index (κ1) is 18.5. The highest BCUT2D eigenvalue weighted by atomic mass is 28.3. The molecule has 0 aromatic heterocycles. The van der Waals surface area contributed by atoms with E-state index in [0.29, 0.717) is 12.0 Å². The third-order valence-corrected chi connectivity index (χ3v) is 4.49. The van der Waals surface area contributed by atoms with Crippen LogP contribution in [0.3, 0.4) is 0 Å². The molecule has 2 nitrogen and oxygen atoms in total. The van der Waals surface area contributed by atoms with Gasteiger partial charge in [0.1, 0.15) is 0 Å². The van der Waals surface area contributed by atoms with E-state index >= 15 is 0 Å². The first-order valence-electron chi connectivity index (χ1n) is 7.17. The largest absolute Gasteiger partial charge is 0.471 e. The van der Waals surface area contributed by atoms with Crippen molar-refractivity contribution in [2.45, 2.75) is 44.3 Å². The monoisotopic (exact) mass is 329 g/mol. The van der Waals surface area contributed by atoms with Gasteiger partial charge in [-0.25, -0.2) is 0 Å². The third kappa shape index (κ3) is 6.93. The van der Waals surface area contributed by atoms with Gasteiger partial charge in [-0.3, -0.25) is 4.79 Å². The van der Waals surface area contributed by atoms with E-state index in [1.165, 1.54) is 0 Å². The van der Waals surface area contributed by atoms with Crippen molar-refractivity contribution in [1.82, 2.24) is 5.32 Å². The molecule has 0 spiro atoms. The van der Waals surface area contributed by atoms with Crippen molar-refractivity contribution in [1.29, 1.82) is 0 Å². The summed E-state index contributed by atoms with van der Waals surface area (Å²) in [7, 11) is -1.22. The van der Waals surface area contributed by atoms with Crippen LogP contribution < -0.4 is 5.32 Å². The second-order valence-electron chi connectivity index (χ2n) is 6.41. The quantitative estimate of drug-likeness (QED) is 0.595. The molecule has 0 heterocycles. The van der Waals surface area contributed by atoms with E-state index in [9.17, 15) is 18.0 Å². The summed E-state index contributed by atoms with van der Waals surface area (Å²) >= 11 is 0. The van der Waals surface area contributed by atoms with E-state index in [2.05, 4.69) is 25.0 Å². The number of halogens is 3. The van der Waals surface area contributed by atoms with E-state index < -0.39 is 26.2 Å². The van der Waals surface area contributed by atoms with Crippen molar-refractivity contribution in [3.05, 3.63) is 48.0 Å². The molecule has 0 saturated carbocycles. The van der Waals surface area contributed by atoms with Crippen LogP contribution in [0.5, 0.6) is 0 Å². The van der Waals surface area contributed by atoms with E-state index in [1.54, 1.807) is 30.3 Å². The summed E-state index contributed by atoms with van der Waals surface area (Å²) in [5, 5.41) is 2.07. The maximum absolute atomic E-state index is 12.4. The Kier molecular flexibility index (Phi) is 6.41. The standard InChI is InChI=1S/C16H22F3NOSi/c1-22(2,3)12-8-7-11-14(13-9-5-4-6-10-13)20-15(21)16(17,18)19/h4-10,14H,11-12H2,1-3H3,(H,20,21)/b8-7+. The summed E-state index contributed by atoms with van der Waals surface area (Å²) in [4.78, 5) is 11.2. The van der Waals surface area contributed by atoms with Crippen LogP contribution in [0.15, 0.2) is 42.5 Å². The first-order valence-corrected chi connectivity index (χ1v) is 10.9. The number of hydrogen-bond donors (Lipinski definition) is 1. The molecule has 6 heteroatoms. The molecular weight excluding hydrogens is 307 g/mol. The molecule has 1 aromatic rings. The van der Waals surface area contributed by atoms with Gasteiger partial charge in [0.25, 0.3) is 0 Å². The molecular formula is C16H22F3NOSi. The molecule has 0 aliphatic heterocycles. The van der Waals surface area contributed by atoms with Gasteiger partial charge in [-0.15, -0.1) is 0 Å². The molecule has 0 bridgehead atoms. The lowest BCUT2D eigenvalue weighted by Crippen LogP contribution is -2.39. The van der Waals surface area contributed by atoms with Crippen molar-refractivity contribution in [2.75, 3.05) is 0 Å². The summed E-state index contributed by atoms with van der Waals surface area (Å²) in [5.74, 6) is -1.90. The Morgan fingerprint density at radius 2 is 1.77 bits per heavy atom. The lowest BCUT2D eigenvalue weighted by Gasteiger charge is -2.19. The van der Waals surface area contributed by atoms with Crippen LogP contribution in [-0.4, -0.2) is 20.2 Å². The van der Waals surface area contributed by atoms with Gasteiger partial charge in [-0.1, -0.05) is 62.1 Å². The zero-order valence-corrected chi connectivity index (χ0v) is 14.1. The predicted octanol–water partition coefficient (Wildman–Crippen LogP) is 4.69. The molecule has 1 unspecified atom stereocenters. The van der Waals surface area contributed by atoms with Crippen LogP contribution >= 0.6 is 0 Å².